The first-order valence-corrected chi connectivity index (χ1v) is 11.7. The van der Waals surface area contributed by atoms with Crippen molar-refractivity contribution in [2.45, 2.75) is 6.92 Å². The molecule has 0 saturated carbocycles. The minimum Gasteiger partial charge on any atom is -0.748 e. The van der Waals surface area contributed by atoms with E-state index in [0.29, 0.717) is 27.8 Å². The number of rotatable bonds is 7. The molecule has 3 rings (SSSR count). The van der Waals surface area contributed by atoms with Crippen molar-refractivity contribution >= 4 is 56.0 Å². The zero-order chi connectivity index (χ0) is 22.8. The highest BCUT2D eigenvalue weighted by Gasteiger charge is 2.33. The van der Waals surface area contributed by atoms with Gasteiger partial charge in [-0.1, -0.05) is 42.2 Å². The molecule has 0 radical (unpaired) electrons. The summed E-state index contributed by atoms with van der Waals surface area (Å²) in [5.41, 5.74) is 1.29. The second-order valence-corrected chi connectivity index (χ2v) is 9.76. The maximum Gasteiger partial charge on any atom is 0.323 e. The lowest BCUT2D eigenvalue weighted by Crippen LogP contribution is -2.33. The van der Waals surface area contributed by atoms with Crippen molar-refractivity contribution in [3.63, 3.8) is 0 Å². The van der Waals surface area contributed by atoms with Crippen molar-refractivity contribution in [1.29, 1.82) is 0 Å². The van der Waals surface area contributed by atoms with E-state index in [9.17, 15) is 22.6 Å². The number of thioether (sulfide) groups is 1. The fraction of sp³-hybridized carbons (Fsp3) is 0.211. The van der Waals surface area contributed by atoms with Crippen LogP contribution in [0.25, 0.3) is 0 Å². The van der Waals surface area contributed by atoms with Crippen molar-refractivity contribution in [2.75, 3.05) is 23.7 Å². The summed E-state index contributed by atoms with van der Waals surface area (Å²) in [6, 6.07) is 7.01. The van der Waals surface area contributed by atoms with Gasteiger partial charge in [0.1, 0.15) is 10.9 Å². The molecule has 31 heavy (non-hydrogen) atoms. The second kappa shape index (κ2) is 9.22. The first kappa shape index (κ1) is 23.0. The number of fused-ring (bicyclic) bond motifs is 1. The molecule has 1 aromatic rings. The van der Waals surface area contributed by atoms with Crippen molar-refractivity contribution in [3.05, 3.63) is 58.9 Å². The van der Waals surface area contributed by atoms with Gasteiger partial charge in [0.05, 0.1) is 26.5 Å². The smallest absolute Gasteiger partial charge is 0.323 e. The van der Waals surface area contributed by atoms with Gasteiger partial charge in [-0.15, -0.1) is 0 Å². The lowest BCUT2D eigenvalue weighted by atomic mass is 10.2. The molecule has 0 aliphatic carbocycles. The first-order chi connectivity index (χ1) is 14.5. The molecular weight excluding hydrogens is 464 g/mol. The molecule has 9 nitrogen and oxygen atoms in total. The standard InChI is InChI=1S/C19H18N2O7S3/c1-12(10-15-18(24)21(11-17(22)23)19(29)30-15)6-7-16-20(8-9-31(25,26)27)13-4-2-3-5-14(13)28-16/h2-7,10H,8-9,11H2,1H3,(H,22,23)(H,25,26,27)/p-1/b12-6+,15-10+,16-7-. The van der Waals surface area contributed by atoms with Gasteiger partial charge in [0.25, 0.3) is 5.91 Å². The van der Waals surface area contributed by atoms with Crippen molar-refractivity contribution in [1.82, 2.24) is 4.90 Å². The summed E-state index contributed by atoms with van der Waals surface area (Å²) >= 11 is 6.08. The summed E-state index contributed by atoms with van der Waals surface area (Å²) in [4.78, 5) is 26.1. The predicted molar refractivity (Wildman–Crippen MR) is 118 cm³/mol. The number of carbonyl (C=O) groups excluding carboxylic acids is 1. The molecule has 2 heterocycles. The van der Waals surface area contributed by atoms with E-state index in [-0.39, 0.29) is 10.9 Å². The molecule has 2 aliphatic heterocycles. The first-order valence-electron chi connectivity index (χ1n) is 8.89. The Balaban J connectivity index is 1.81. The van der Waals surface area contributed by atoms with Gasteiger partial charge < -0.3 is 19.3 Å². The number of carboxylic acids is 1. The Kier molecular flexibility index (Phi) is 6.84. The highest BCUT2D eigenvalue weighted by Crippen LogP contribution is 2.38. The van der Waals surface area contributed by atoms with E-state index in [0.717, 1.165) is 16.7 Å². The molecule has 0 bridgehead atoms. The average molecular weight is 482 g/mol. The van der Waals surface area contributed by atoms with Gasteiger partial charge in [-0.2, -0.15) is 0 Å². The van der Waals surface area contributed by atoms with Crippen LogP contribution < -0.4 is 9.64 Å². The molecular formula is C19H17N2O7S3-. The molecule has 0 atom stereocenters. The van der Waals surface area contributed by atoms with E-state index in [1.807, 2.05) is 0 Å². The Bertz CT molecular complexity index is 1140. The normalized spacial score (nSPS) is 19.4. The second-order valence-electron chi connectivity index (χ2n) is 6.56. The van der Waals surface area contributed by atoms with Crippen LogP contribution in [0, 0.1) is 0 Å². The van der Waals surface area contributed by atoms with Gasteiger partial charge in [0, 0.05) is 6.54 Å². The topological polar surface area (TPSA) is 127 Å². The summed E-state index contributed by atoms with van der Waals surface area (Å²) in [6.07, 6.45) is 4.83. The van der Waals surface area contributed by atoms with E-state index >= 15 is 0 Å². The lowest BCUT2D eigenvalue weighted by Gasteiger charge is -2.19. The molecule has 12 heteroatoms. The summed E-state index contributed by atoms with van der Waals surface area (Å²) in [6.45, 7) is 1.16. The molecule has 0 unspecified atom stereocenters. The molecule has 0 spiro atoms. The van der Waals surface area contributed by atoms with Crippen LogP contribution in [-0.4, -0.2) is 58.0 Å². The summed E-state index contributed by atoms with van der Waals surface area (Å²) in [5, 5.41) is 8.90. The molecule has 164 valence electrons. The minimum atomic E-state index is -4.41. The van der Waals surface area contributed by atoms with E-state index in [1.54, 1.807) is 54.3 Å². The number of hydrogen-bond acceptors (Lipinski definition) is 9. The van der Waals surface area contributed by atoms with Gasteiger partial charge in [0.15, 0.2) is 5.75 Å². The SMILES string of the molecule is CC(=C\C=C1/Oc2ccccc2N1CCS(=O)(=O)[O-])/C=C1/SC(=S)N(CC(=O)O)C1=O. The fourth-order valence-corrected chi connectivity index (χ4v) is 4.55. The van der Waals surface area contributed by atoms with Crippen molar-refractivity contribution < 1.29 is 32.4 Å². The number of nitrogens with zero attached hydrogens (tertiary/aromatic N) is 2. The Morgan fingerprint density at radius 3 is 2.71 bits per heavy atom. The Labute approximate surface area is 188 Å². The highest BCUT2D eigenvalue weighted by atomic mass is 32.2. The summed E-state index contributed by atoms with van der Waals surface area (Å²) < 4.78 is 39.1. The maximum atomic E-state index is 12.4. The van der Waals surface area contributed by atoms with Crippen molar-refractivity contribution in [2.24, 2.45) is 0 Å². The molecule has 2 aliphatic rings. The Morgan fingerprint density at radius 2 is 2.03 bits per heavy atom. The van der Waals surface area contributed by atoms with Crippen LogP contribution in [0.3, 0.4) is 0 Å². The Morgan fingerprint density at radius 1 is 1.32 bits per heavy atom. The molecule has 1 aromatic carbocycles. The fourth-order valence-electron chi connectivity index (χ4n) is 2.84. The summed E-state index contributed by atoms with van der Waals surface area (Å²) in [5.74, 6) is -1.37. The number of thiocarbonyl (C=S) groups is 1. The third-order valence-corrected chi connectivity index (χ3v) is 6.28. The van der Waals surface area contributed by atoms with Gasteiger partial charge in [-0.05, 0) is 36.8 Å². The van der Waals surface area contributed by atoms with E-state index in [4.69, 9.17) is 22.1 Å². The zero-order valence-corrected chi connectivity index (χ0v) is 18.6. The van der Waals surface area contributed by atoms with E-state index in [2.05, 4.69) is 0 Å². The monoisotopic (exact) mass is 481 g/mol. The zero-order valence-electron chi connectivity index (χ0n) is 16.2. The van der Waals surface area contributed by atoms with Gasteiger partial charge >= 0.3 is 5.97 Å². The number of carboxylic acid groups (broad SMARTS) is 1. The van der Waals surface area contributed by atoms with Gasteiger partial charge in [-0.25, -0.2) is 8.42 Å². The van der Waals surface area contributed by atoms with Crippen LogP contribution in [0.5, 0.6) is 5.75 Å². The van der Waals surface area contributed by atoms with Crippen molar-refractivity contribution in [3.8, 4) is 5.75 Å². The number of ether oxygens (including phenoxy) is 1. The Hall–Kier alpha value is -2.67. The van der Waals surface area contributed by atoms with Crippen LogP contribution >= 0.6 is 24.0 Å². The number of anilines is 1. The lowest BCUT2D eigenvalue weighted by molar-refractivity contribution is -0.140. The minimum absolute atomic E-state index is 0.0740. The van der Waals surface area contributed by atoms with Crippen LogP contribution in [0.2, 0.25) is 0 Å². The third-order valence-electron chi connectivity index (χ3n) is 4.22. The number of benzene rings is 1. The molecule has 1 N–H and O–H groups in total. The number of amides is 1. The number of allylic oxidation sites excluding steroid dienone is 4. The number of carbonyl (C=O) groups is 2. The molecule has 1 amide bonds. The molecule has 1 saturated heterocycles. The summed E-state index contributed by atoms with van der Waals surface area (Å²) in [7, 11) is -4.41. The number of hydrogen-bond donors (Lipinski definition) is 1. The predicted octanol–water partition coefficient (Wildman–Crippen LogP) is 2.05. The van der Waals surface area contributed by atoms with Crippen LogP contribution in [-0.2, 0) is 19.7 Å². The average Bonchev–Trinajstić information content (AvgIpc) is 3.16. The van der Waals surface area contributed by atoms with Crippen LogP contribution in [0.4, 0.5) is 5.69 Å². The quantitative estimate of drug-likeness (QED) is 0.351. The van der Waals surface area contributed by atoms with Gasteiger partial charge in [-0.3, -0.25) is 14.5 Å². The van der Waals surface area contributed by atoms with Crippen LogP contribution in [0.1, 0.15) is 6.92 Å². The van der Waals surface area contributed by atoms with Crippen LogP contribution in [0.15, 0.2) is 58.9 Å². The largest absolute Gasteiger partial charge is 0.748 e. The van der Waals surface area contributed by atoms with E-state index < -0.39 is 34.3 Å². The number of para-hydroxylation sites is 2. The maximum absolute atomic E-state index is 12.4. The van der Waals surface area contributed by atoms with E-state index in [1.165, 1.54) is 0 Å². The third kappa shape index (κ3) is 5.73. The molecule has 1 fully saturated rings. The highest BCUT2D eigenvalue weighted by molar-refractivity contribution is 8.26. The molecule has 0 aromatic heterocycles. The van der Waals surface area contributed by atoms with Gasteiger partial charge in [0.2, 0.25) is 5.88 Å². The number of aliphatic carboxylic acids is 1.